The van der Waals surface area contributed by atoms with Gasteiger partial charge < -0.3 is 15.8 Å². The van der Waals surface area contributed by atoms with Gasteiger partial charge in [-0.3, -0.25) is 4.79 Å². The summed E-state index contributed by atoms with van der Waals surface area (Å²) in [5, 5.41) is 3.17. The molecule has 0 unspecified atom stereocenters. The summed E-state index contributed by atoms with van der Waals surface area (Å²) in [5.74, 6) is -0.232. The van der Waals surface area contributed by atoms with Crippen LogP contribution >= 0.6 is 0 Å². The van der Waals surface area contributed by atoms with Gasteiger partial charge in [-0.2, -0.15) is 0 Å². The van der Waals surface area contributed by atoms with Crippen molar-refractivity contribution in [3.05, 3.63) is 0 Å². The summed E-state index contributed by atoms with van der Waals surface area (Å²) in [6.45, 7) is 5.32. The Morgan fingerprint density at radius 3 is 2.77 bits per heavy atom. The topological polar surface area (TPSA) is 64.3 Å². The zero-order valence-electron chi connectivity index (χ0n) is 8.34. The second kappa shape index (κ2) is 9.48. The molecule has 4 heteroatoms. The smallest absolute Gasteiger partial charge is 0.217 e. The van der Waals surface area contributed by atoms with E-state index in [1.807, 2.05) is 0 Å². The van der Waals surface area contributed by atoms with Crippen LogP contribution in [-0.2, 0) is 9.53 Å². The minimum absolute atomic E-state index is 0.232. The summed E-state index contributed by atoms with van der Waals surface area (Å²) in [6, 6.07) is 0. The summed E-state index contributed by atoms with van der Waals surface area (Å²) in [6.07, 6.45) is 2.33. The number of hydrogen-bond donors (Lipinski definition) is 2. The molecule has 0 saturated carbocycles. The van der Waals surface area contributed by atoms with Crippen molar-refractivity contribution in [2.75, 3.05) is 26.3 Å². The first-order valence-electron chi connectivity index (χ1n) is 4.84. The fourth-order valence-corrected chi connectivity index (χ4v) is 0.903. The summed E-state index contributed by atoms with van der Waals surface area (Å²) < 4.78 is 5.26. The van der Waals surface area contributed by atoms with E-state index in [0.717, 1.165) is 39.1 Å². The van der Waals surface area contributed by atoms with Gasteiger partial charge in [0.2, 0.25) is 5.91 Å². The molecule has 0 aromatic heterocycles. The van der Waals surface area contributed by atoms with Crippen molar-refractivity contribution in [2.24, 2.45) is 5.73 Å². The van der Waals surface area contributed by atoms with Crippen LogP contribution in [-0.4, -0.2) is 32.2 Å². The fourth-order valence-electron chi connectivity index (χ4n) is 0.903. The van der Waals surface area contributed by atoms with Crippen molar-refractivity contribution in [3.63, 3.8) is 0 Å². The van der Waals surface area contributed by atoms with Crippen LogP contribution in [0.4, 0.5) is 0 Å². The van der Waals surface area contributed by atoms with Crippen LogP contribution in [0, 0.1) is 0 Å². The van der Waals surface area contributed by atoms with Crippen LogP contribution < -0.4 is 11.1 Å². The van der Waals surface area contributed by atoms with E-state index >= 15 is 0 Å². The van der Waals surface area contributed by atoms with Crippen LogP contribution in [0.2, 0.25) is 0 Å². The Bertz CT molecular complexity index is 129. The normalized spacial score (nSPS) is 10.2. The maximum absolute atomic E-state index is 10.3. The number of amides is 1. The first-order chi connectivity index (χ1) is 6.27. The van der Waals surface area contributed by atoms with Crippen molar-refractivity contribution in [3.8, 4) is 0 Å². The predicted octanol–water partition coefficient (Wildman–Crippen LogP) is 0.268. The third-order valence-electron chi connectivity index (χ3n) is 1.55. The zero-order valence-corrected chi connectivity index (χ0v) is 8.34. The van der Waals surface area contributed by atoms with Crippen molar-refractivity contribution in [2.45, 2.75) is 26.2 Å². The summed E-state index contributed by atoms with van der Waals surface area (Å²) in [7, 11) is 0. The Morgan fingerprint density at radius 1 is 1.38 bits per heavy atom. The molecule has 1 amide bonds. The second-order valence-corrected chi connectivity index (χ2v) is 2.93. The van der Waals surface area contributed by atoms with E-state index in [0.29, 0.717) is 6.42 Å². The highest BCUT2D eigenvalue weighted by Crippen LogP contribution is 1.84. The van der Waals surface area contributed by atoms with Crippen LogP contribution in [0.15, 0.2) is 0 Å². The quantitative estimate of drug-likeness (QED) is 0.510. The monoisotopic (exact) mass is 188 g/mol. The molecule has 0 bridgehead atoms. The highest BCUT2D eigenvalue weighted by Gasteiger charge is 1.93. The molecule has 0 aromatic carbocycles. The fraction of sp³-hybridized carbons (Fsp3) is 0.889. The molecule has 0 heterocycles. The lowest BCUT2D eigenvalue weighted by Crippen LogP contribution is -2.22. The first-order valence-corrected chi connectivity index (χ1v) is 4.84. The molecule has 4 nitrogen and oxygen atoms in total. The number of rotatable bonds is 9. The number of ether oxygens (including phenoxy) is 1. The number of nitrogens with two attached hydrogens (primary N) is 1. The molecule has 0 fully saturated rings. The van der Waals surface area contributed by atoms with E-state index in [-0.39, 0.29) is 5.91 Å². The standard InChI is InChI=1S/C9H20N2O2/c1-2-7-13-8-6-11-5-3-4-9(10)12/h11H,2-8H2,1H3,(H2,10,12). The Labute approximate surface area is 79.8 Å². The number of primary amides is 1. The minimum Gasteiger partial charge on any atom is -0.380 e. The lowest BCUT2D eigenvalue weighted by atomic mass is 10.3. The maximum Gasteiger partial charge on any atom is 0.217 e. The molecule has 0 aliphatic carbocycles. The molecule has 0 saturated heterocycles. The van der Waals surface area contributed by atoms with Gasteiger partial charge in [0.15, 0.2) is 0 Å². The second-order valence-electron chi connectivity index (χ2n) is 2.93. The molecule has 0 spiro atoms. The molecule has 78 valence electrons. The van der Waals surface area contributed by atoms with Crippen molar-refractivity contribution >= 4 is 5.91 Å². The summed E-state index contributed by atoms with van der Waals surface area (Å²) in [4.78, 5) is 10.3. The molecule has 13 heavy (non-hydrogen) atoms. The zero-order chi connectivity index (χ0) is 9.94. The van der Waals surface area contributed by atoms with Gasteiger partial charge in [0, 0.05) is 19.6 Å². The van der Waals surface area contributed by atoms with Crippen LogP contribution in [0.3, 0.4) is 0 Å². The Morgan fingerprint density at radius 2 is 2.15 bits per heavy atom. The van der Waals surface area contributed by atoms with E-state index in [2.05, 4.69) is 12.2 Å². The maximum atomic E-state index is 10.3. The van der Waals surface area contributed by atoms with Gasteiger partial charge in [-0.1, -0.05) is 6.92 Å². The molecular formula is C9H20N2O2. The van der Waals surface area contributed by atoms with E-state index in [9.17, 15) is 4.79 Å². The van der Waals surface area contributed by atoms with Gasteiger partial charge >= 0.3 is 0 Å². The van der Waals surface area contributed by atoms with Gasteiger partial charge in [0.25, 0.3) is 0 Å². The van der Waals surface area contributed by atoms with Gasteiger partial charge in [-0.25, -0.2) is 0 Å². The Kier molecular flexibility index (Phi) is 9.03. The predicted molar refractivity (Wildman–Crippen MR) is 52.4 cm³/mol. The highest BCUT2D eigenvalue weighted by molar-refractivity contribution is 5.73. The largest absolute Gasteiger partial charge is 0.380 e. The van der Waals surface area contributed by atoms with Crippen LogP contribution in [0.1, 0.15) is 26.2 Å². The van der Waals surface area contributed by atoms with Crippen molar-refractivity contribution in [1.82, 2.24) is 5.32 Å². The van der Waals surface area contributed by atoms with Gasteiger partial charge in [0.05, 0.1) is 6.61 Å². The van der Waals surface area contributed by atoms with E-state index in [4.69, 9.17) is 10.5 Å². The average Bonchev–Trinajstić information content (AvgIpc) is 2.09. The molecule has 0 aliphatic rings. The number of hydrogen-bond acceptors (Lipinski definition) is 3. The van der Waals surface area contributed by atoms with Gasteiger partial charge in [0.1, 0.15) is 0 Å². The number of nitrogens with one attached hydrogen (secondary N) is 1. The highest BCUT2D eigenvalue weighted by atomic mass is 16.5. The van der Waals surface area contributed by atoms with E-state index in [1.165, 1.54) is 0 Å². The molecular weight excluding hydrogens is 168 g/mol. The van der Waals surface area contributed by atoms with Gasteiger partial charge in [-0.05, 0) is 19.4 Å². The van der Waals surface area contributed by atoms with E-state index < -0.39 is 0 Å². The summed E-state index contributed by atoms with van der Waals surface area (Å²) in [5.41, 5.74) is 4.98. The molecule has 0 atom stereocenters. The number of carbonyl (C=O) groups excluding carboxylic acids is 1. The molecule has 0 rings (SSSR count). The average molecular weight is 188 g/mol. The lowest BCUT2D eigenvalue weighted by Gasteiger charge is -2.04. The Hall–Kier alpha value is -0.610. The van der Waals surface area contributed by atoms with Crippen LogP contribution in [0.25, 0.3) is 0 Å². The lowest BCUT2D eigenvalue weighted by molar-refractivity contribution is -0.118. The van der Waals surface area contributed by atoms with Crippen LogP contribution in [0.5, 0.6) is 0 Å². The SMILES string of the molecule is CCCOCCNCCCC(N)=O. The third-order valence-corrected chi connectivity index (χ3v) is 1.55. The summed E-state index contributed by atoms with van der Waals surface area (Å²) >= 11 is 0. The van der Waals surface area contributed by atoms with Crippen molar-refractivity contribution in [1.29, 1.82) is 0 Å². The Balaban J connectivity index is 2.87. The van der Waals surface area contributed by atoms with E-state index in [1.54, 1.807) is 0 Å². The first kappa shape index (κ1) is 12.4. The molecule has 0 radical (unpaired) electrons. The van der Waals surface area contributed by atoms with Crippen molar-refractivity contribution < 1.29 is 9.53 Å². The van der Waals surface area contributed by atoms with Gasteiger partial charge in [-0.15, -0.1) is 0 Å². The minimum atomic E-state index is -0.232. The third kappa shape index (κ3) is 11.4. The molecule has 3 N–H and O–H groups in total. The number of carbonyl (C=O) groups is 1. The molecule has 0 aliphatic heterocycles. The molecule has 0 aromatic rings.